The summed E-state index contributed by atoms with van der Waals surface area (Å²) in [5.74, 6) is -1.10. The van der Waals surface area contributed by atoms with Gasteiger partial charge in [0.1, 0.15) is 11.5 Å². The molecule has 8 nitrogen and oxygen atoms in total. The molecule has 0 aromatic heterocycles. The van der Waals surface area contributed by atoms with Gasteiger partial charge in [-0.15, -0.1) is 0 Å². The summed E-state index contributed by atoms with van der Waals surface area (Å²) in [5.41, 5.74) is -8.67. The lowest BCUT2D eigenvalue weighted by molar-refractivity contribution is -0.0500. The Kier molecular flexibility index (Phi) is 4.55. The van der Waals surface area contributed by atoms with Gasteiger partial charge >= 0.3 is 15.6 Å². The van der Waals surface area contributed by atoms with Gasteiger partial charge in [-0.25, -0.2) is 0 Å². The summed E-state index contributed by atoms with van der Waals surface area (Å²) in [7, 11) is -6.02. The van der Waals surface area contributed by atoms with Crippen LogP contribution in [0.15, 0.2) is 67.7 Å². The zero-order valence-electron chi connectivity index (χ0n) is 17.0. The largest absolute Gasteiger partial charge is 0.534 e. The van der Waals surface area contributed by atoms with Crippen molar-refractivity contribution >= 4 is 53.2 Å². The summed E-state index contributed by atoms with van der Waals surface area (Å²) >= 11 is 0. The fourth-order valence-electron chi connectivity index (χ4n) is 3.98. The maximum atomic E-state index is 13.1. The number of phenolic OH excluding ortho intramolecular Hbond substituents is 1. The molecule has 0 spiro atoms. The average Bonchev–Trinajstić information content (AvgIpc) is 2.79. The highest BCUT2D eigenvalue weighted by Gasteiger charge is 2.48. The highest BCUT2D eigenvalue weighted by atomic mass is 32.2. The molecular formula is C23H9F3O8S. The van der Waals surface area contributed by atoms with Crippen LogP contribution in [-0.2, 0) is 10.1 Å². The Hall–Kier alpha value is -4.32. The molecule has 5 rings (SSSR count). The Morgan fingerprint density at radius 2 is 1.00 bits per heavy atom. The van der Waals surface area contributed by atoms with E-state index in [4.69, 9.17) is 0 Å². The molecule has 5 aromatic rings. The summed E-state index contributed by atoms with van der Waals surface area (Å²) in [6.45, 7) is 0. The minimum Gasteiger partial charge on any atom is -0.508 e. The Morgan fingerprint density at radius 3 is 1.49 bits per heavy atom. The van der Waals surface area contributed by atoms with Crippen molar-refractivity contribution in [3.63, 3.8) is 0 Å². The Labute approximate surface area is 190 Å². The second-order valence-electron chi connectivity index (χ2n) is 7.68. The molecule has 0 fully saturated rings. The fraction of sp³-hybridized carbons (Fsp3) is 0.0435. The number of phenols is 1. The van der Waals surface area contributed by atoms with Gasteiger partial charge in [0.2, 0.25) is 0 Å². The lowest BCUT2D eigenvalue weighted by atomic mass is 9.96. The molecule has 0 heterocycles. The molecule has 0 aliphatic carbocycles. The van der Waals surface area contributed by atoms with Gasteiger partial charge in [0.05, 0.1) is 0 Å². The Morgan fingerprint density at radius 1 is 0.600 bits per heavy atom. The summed E-state index contributed by atoms with van der Waals surface area (Å²) in [4.78, 5) is 52.1. The number of rotatable bonds is 2. The first-order chi connectivity index (χ1) is 16.3. The normalized spacial score (nSPS) is 12.7. The lowest BCUT2D eigenvalue weighted by Crippen LogP contribution is -2.28. The first kappa shape index (κ1) is 22.5. The van der Waals surface area contributed by atoms with Gasteiger partial charge in [0, 0.05) is 43.1 Å². The van der Waals surface area contributed by atoms with Crippen LogP contribution < -0.4 is 25.9 Å². The molecule has 0 atom stereocenters. The van der Waals surface area contributed by atoms with Crippen molar-refractivity contribution in [2.45, 2.75) is 5.51 Å². The van der Waals surface area contributed by atoms with Crippen LogP contribution in [0.3, 0.4) is 0 Å². The van der Waals surface area contributed by atoms with Crippen molar-refractivity contribution in [3.8, 4) is 11.5 Å². The molecule has 12 heteroatoms. The molecular weight excluding hydrogens is 493 g/mol. The molecule has 1 N–H and O–H groups in total. The van der Waals surface area contributed by atoms with Gasteiger partial charge in [0.25, 0.3) is 0 Å². The molecule has 0 saturated carbocycles. The fourth-order valence-corrected chi connectivity index (χ4v) is 4.44. The van der Waals surface area contributed by atoms with Gasteiger partial charge in [0.15, 0.2) is 21.7 Å². The van der Waals surface area contributed by atoms with Crippen LogP contribution >= 0.6 is 0 Å². The predicted molar refractivity (Wildman–Crippen MR) is 121 cm³/mol. The van der Waals surface area contributed by atoms with Crippen LogP contribution in [0.1, 0.15) is 0 Å². The molecule has 0 unspecified atom stereocenters. The molecule has 0 radical (unpaired) electrons. The minimum atomic E-state index is -6.02. The standard InChI is InChI=1S/C23H9F3O8S/c24-23(25,26)35(32,33)34-10-2-4-12-14(6-10)22(31)18-8-15-17(7-16(18)20(12)29)21(30)13-5-9(27)1-3-11(13)19(15)28/h1-8,27H. The van der Waals surface area contributed by atoms with Crippen LogP contribution in [0.25, 0.3) is 43.1 Å². The SMILES string of the molecule is O=c1c2ccc(O)cc2c(=O)c2cc3c(=O)c4ccc(OS(=O)(=O)C(F)(F)F)cc4c(=O)c3cc12. The van der Waals surface area contributed by atoms with Crippen molar-refractivity contribution in [1.82, 2.24) is 0 Å². The summed E-state index contributed by atoms with van der Waals surface area (Å²) in [6.07, 6.45) is 0. The minimum absolute atomic E-state index is 0.0247. The number of fused-ring (bicyclic) bond motifs is 4. The lowest BCUT2D eigenvalue weighted by Gasteiger charge is -2.10. The van der Waals surface area contributed by atoms with E-state index in [-0.39, 0.29) is 43.5 Å². The molecule has 35 heavy (non-hydrogen) atoms. The number of halogens is 3. The van der Waals surface area contributed by atoms with Crippen molar-refractivity contribution < 1.29 is 30.9 Å². The Balaban J connectivity index is 1.87. The Bertz CT molecular complexity index is 2070. The molecule has 0 bridgehead atoms. The first-order valence-corrected chi connectivity index (χ1v) is 11.1. The number of alkyl halides is 3. The third kappa shape index (κ3) is 3.25. The molecule has 0 amide bonds. The second-order valence-corrected chi connectivity index (χ2v) is 9.22. The van der Waals surface area contributed by atoms with Gasteiger partial charge in [-0.3, -0.25) is 19.2 Å². The molecule has 5 aromatic carbocycles. The summed E-state index contributed by atoms with van der Waals surface area (Å²) in [5, 5.41) is 8.04. The molecule has 0 saturated heterocycles. The van der Waals surface area contributed by atoms with Crippen LogP contribution in [0.5, 0.6) is 11.5 Å². The van der Waals surface area contributed by atoms with E-state index in [1.54, 1.807) is 0 Å². The highest BCUT2D eigenvalue weighted by Crippen LogP contribution is 2.28. The van der Waals surface area contributed by atoms with Crippen molar-refractivity contribution in [3.05, 3.63) is 89.4 Å². The quantitative estimate of drug-likeness (QED) is 0.221. The number of hydrogen-bond acceptors (Lipinski definition) is 8. The van der Waals surface area contributed by atoms with E-state index >= 15 is 0 Å². The third-order valence-electron chi connectivity index (χ3n) is 5.60. The van der Waals surface area contributed by atoms with E-state index in [1.165, 1.54) is 12.1 Å². The average molecular weight is 502 g/mol. The zero-order chi connectivity index (χ0) is 25.4. The third-order valence-corrected chi connectivity index (χ3v) is 6.58. The van der Waals surface area contributed by atoms with Crippen molar-refractivity contribution in [2.75, 3.05) is 0 Å². The maximum absolute atomic E-state index is 13.1. The monoisotopic (exact) mass is 502 g/mol. The van der Waals surface area contributed by atoms with Gasteiger partial charge in [-0.05, 0) is 48.5 Å². The van der Waals surface area contributed by atoms with E-state index < -0.39 is 48.5 Å². The first-order valence-electron chi connectivity index (χ1n) is 9.65. The maximum Gasteiger partial charge on any atom is 0.534 e. The van der Waals surface area contributed by atoms with Crippen molar-refractivity contribution in [1.29, 1.82) is 0 Å². The van der Waals surface area contributed by atoms with E-state index in [0.717, 1.165) is 30.3 Å². The van der Waals surface area contributed by atoms with Gasteiger partial charge in [-0.1, -0.05) is 0 Å². The molecule has 0 aliphatic rings. The van der Waals surface area contributed by atoms with Crippen molar-refractivity contribution in [2.24, 2.45) is 0 Å². The van der Waals surface area contributed by atoms with Crippen LogP contribution in [0.2, 0.25) is 0 Å². The van der Waals surface area contributed by atoms with Crippen LogP contribution in [0.4, 0.5) is 13.2 Å². The van der Waals surface area contributed by atoms with Crippen LogP contribution in [-0.4, -0.2) is 19.0 Å². The molecule has 0 aliphatic heterocycles. The highest BCUT2D eigenvalue weighted by molar-refractivity contribution is 7.88. The van der Waals surface area contributed by atoms with E-state index in [9.17, 15) is 45.9 Å². The van der Waals surface area contributed by atoms with E-state index in [2.05, 4.69) is 4.18 Å². The predicted octanol–water partition coefficient (Wildman–Crippen LogP) is 2.55. The topological polar surface area (TPSA) is 132 Å². The smallest absolute Gasteiger partial charge is 0.508 e. The zero-order valence-corrected chi connectivity index (χ0v) is 17.8. The number of benzene rings is 5. The number of hydrogen-bond donors (Lipinski definition) is 1. The molecule has 176 valence electrons. The second kappa shape index (κ2) is 7.09. The summed E-state index contributed by atoms with van der Waals surface area (Å²) in [6, 6.07) is 8.07. The van der Waals surface area contributed by atoms with Gasteiger partial charge < -0.3 is 9.29 Å². The van der Waals surface area contributed by atoms with E-state index in [0.29, 0.717) is 6.07 Å². The van der Waals surface area contributed by atoms with Crippen LogP contribution in [0, 0.1) is 0 Å². The van der Waals surface area contributed by atoms with E-state index in [1.807, 2.05) is 0 Å². The number of aromatic hydroxyl groups is 1. The van der Waals surface area contributed by atoms with Gasteiger partial charge in [-0.2, -0.15) is 21.6 Å². The summed E-state index contributed by atoms with van der Waals surface area (Å²) < 4.78 is 64.6.